The lowest BCUT2D eigenvalue weighted by Gasteiger charge is -2.17. The zero-order valence-corrected chi connectivity index (χ0v) is 19.9. The Bertz CT molecular complexity index is 1380. The van der Waals surface area contributed by atoms with Gasteiger partial charge in [-0.15, -0.1) is 0 Å². The van der Waals surface area contributed by atoms with Crippen LogP contribution in [0.1, 0.15) is 25.7 Å². The maximum atomic E-state index is 13.8. The number of ether oxygens (including phenoxy) is 3. The molecule has 1 aliphatic rings. The molecule has 0 atom stereocenters. The van der Waals surface area contributed by atoms with Gasteiger partial charge in [-0.05, 0) is 37.1 Å². The number of hydrogen-bond acceptors (Lipinski definition) is 10. The Morgan fingerprint density at radius 3 is 2.37 bits per heavy atom. The number of methoxy groups -OCH3 is 3. The van der Waals surface area contributed by atoms with Crippen molar-refractivity contribution in [2.45, 2.75) is 35.8 Å². The average Bonchev–Trinajstić information content (AvgIpc) is 3.56. The summed E-state index contributed by atoms with van der Waals surface area (Å²) in [7, 11) is -0.450. The summed E-state index contributed by atoms with van der Waals surface area (Å²) >= 11 is 0. The number of sulfone groups is 1. The lowest BCUT2D eigenvalue weighted by atomic mass is 10.1. The van der Waals surface area contributed by atoms with E-state index in [4.69, 9.17) is 18.7 Å². The van der Waals surface area contributed by atoms with Crippen LogP contribution in [-0.2, 0) is 9.84 Å². The Hall–Kier alpha value is -3.74. The van der Waals surface area contributed by atoms with Crippen LogP contribution in [0, 0.1) is 15.9 Å². The summed E-state index contributed by atoms with van der Waals surface area (Å²) in [6, 6.07) is 5.15. The Morgan fingerprint density at radius 1 is 1.09 bits per heavy atom. The SMILES string of the molecule is COc1cc(-c2noc(-c3cc(OC)c(OC)c([N+](=O)[O-])c3S(=O)(=O)C3CCCC3)n2)ccc1F. The lowest BCUT2D eigenvalue weighted by molar-refractivity contribution is -0.388. The third kappa shape index (κ3) is 4.27. The van der Waals surface area contributed by atoms with Crippen LogP contribution in [0.4, 0.5) is 10.1 Å². The Balaban J connectivity index is 1.97. The first-order valence-electron chi connectivity index (χ1n) is 10.6. The molecule has 1 aliphatic carbocycles. The molecule has 0 saturated heterocycles. The van der Waals surface area contributed by atoms with Crippen molar-refractivity contribution >= 4 is 15.5 Å². The van der Waals surface area contributed by atoms with E-state index in [2.05, 4.69) is 10.1 Å². The highest BCUT2D eigenvalue weighted by Crippen LogP contribution is 2.49. The van der Waals surface area contributed by atoms with E-state index in [-0.39, 0.29) is 34.5 Å². The molecule has 0 N–H and O–H groups in total. The number of benzene rings is 2. The van der Waals surface area contributed by atoms with Crippen LogP contribution in [0.5, 0.6) is 17.2 Å². The molecule has 1 fully saturated rings. The highest BCUT2D eigenvalue weighted by Gasteiger charge is 2.42. The minimum atomic E-state index is -4.20. The van der Waals surface area contributed by atoms with Crippen molar-refractivity contribution in [3.05, 3.63) is 40.2 Å². The Morgan fingerprint density at radius 2 is 1.77 bits per heavy atom. The third-order valence-electron chi connectivity index (χ3n) is 5.87. The maximum absolute atomic E-state index is 13.8. The van der Waals surface area contributed by atoms with Crippen LogP contribution in [0.15, 0.2) is 33.7 Å². The van der Waals surface area contributed by atoms with E-state index in [9.17, 15) is 22.9 Å². The van der Waals surface area contributed by atoms with Gasteiger partial charge in [-0.3, -0.25) is 10.1 Å². The molecule has 0 aliphatic heterocycles. The second kappa shape index (κ2) is 9.49. The predicted octanol–water partition coefficient (Wildman–Crippen LogP) is 4.19. The molecular weight excluding hydrogens is 485 g/mol. The molecule has 11 nitrogen and oxygen atoms in total. The van der Waals surface area contributed by atoms with Crippen LogP contribution in [-0.4, -0.2) is 50.1 Å². The molecule has 0 unspecified atom stereocenters. The molecule has 1 saturated carbocycles. The molecule has 35 heavy (non-hydrogen) atoms. The van der Waals surface area contributed by atoms with E-state index in [0.29, 0.717) is 31.2 Å². The molecule has 186 valence electrons. The zero-order valence-electron chi connectivity index (χ0n) is 19.1. The van der Waals surface area contributed by atoms with E-state index in [0.717, 1.165) is 6.07 Å². The summed E-state index contributed by atoms with van der Waals surface area (Å²) in [5.41, 5.74) is -0.626. The number of hydrogen-bond donors (Lipinski definition) is 0. The first-order chi connectivity index (χ1) is 16.7. The van der Waals surface area contributed by atoms with Gasteiger partial charge in [0.25, 0.3) is 5.89 Å². The number of rotatable bonds is 8. The van der Waals surface area contributed by atoms with Gasteiger partial charge in [-0.2, -0.15) is 4.98 Å². The number of nitro benzene ring substituents is 1. The molecule has 4 rings (SSSR count). The van der Waals surface area contributed by atoms with E-state index in [1.165, 1.54) is 39.5 Å². The second-order valence-corrected chi connectivity index (χ2v) is 9.98. The number of nitrogens with zero attached hydrogens (tertiary/aromatic N) is 3. The molecule has 0 spiro atoms. The third-order valence-corrected chi connectivity index (χ3v) is 8.20. The molecule has 0 amide bonds. The summed E-state index contributed by atoms with van der Waals surface area (Å²) in [5.74, 6) is -1.35. The summed E-state index contributed by atoms with van der Waals surface area (Å²) < 4.78 is 61.9. The summed E-state index contributed by atoms with van der Waals surface area (Å²) in [6.07, 6.45) is 2.13. The van der Waals surface area contributed by atoms with Crippen molar-refractivity contribution in [3.8, 4) is 40.1 Å². The highest BCUT2D eigenvalue weighted by molar-refractivity contribution is 7.92. The fourth-order valence-corrected chi connectivity index (χ4v) is 6.36. The minimum absolute atomic E-state index is 0.0000442. The summed E-state index contributed by atoms with van der Waals surface area (Å²) in [5, 5.41) is 15.2. The van der Waals surface area contributed by atoms with E-state index in [1.807, 2.05) is 0 Å². The van der Waals surface area contributed by atoms with Crippen LogP contribution < -0.4 is 14.2 Å². The fourth-order valence-electron chi connectivity index (χ4n) is 4.19. The van der Waals surface area contributed by atoms with Crippen LogP contribution in [0.25, 0.3) is 22.8 Å². The van der Waals surface area contributed by atoms with Gasteiger partial charge in [-0.1, -0.05) is 18.0 Å². The maximum Gasteiger partial charge on any atom is 0.334 e. The first-order valence-corrected chi connectivity index (χ1v) is 12.1. The largest absolute Gasteiger partial charge is 0.494 e. The van der Waals surface area contributed by atoms with Gasteiger partial charge in [0.2, 0.25) is 11.6 Å². The van der Waals surface area contributed by atoms with E-state index >= 15 is 0 Å². The van der Waals surface area contributed by atoms with Gasteiger partial charge in [0.1, 0.15) is 0 Å². The summed E-state index contributed by atoms with van der Waals surface area (Å²) in [4.78, 5) is 15.0. The molecule has 0 bridgehead atoms. The van der Waals surface area contributed by atoms with Gasteiger partial charge < -0.3 is 18.7 Å². The predicted molar refractivity (Wildman–Crippen MR) is 121 cm³/mol. The number of nitro groups is 1. The van der Waals surface area contributed by atoms with Gasteiger partial charge >= 0.3 is 5.69 Å². The van der Waals surface area contributed by atoms with Crippen LogP contribution in [0.2, 0.25) is 0 Å². The standard InChI is InChI=1S/C22H22FN3O8S/c1-31-16-10-12(8-9-15(16)23)21-24-22(34-25-21)14-11-17(32-2)19(33-3)18(26(27)28)20(14)35(29,30)13-6-4-5-7-13/h8-11,13H,4-7H2,1-3H3. The van der Waals surface area contributed by atoms with E-state index in [1.54, 1.807) is 0 Å². The summed E-state index contributed by atoms with van der Waals surface area (Å²) in [6.45, 7) is 0. The fraction of sp³-hybridized carbons (Fsp3) is 0.364. The van der Waals surface area contributed by atoms with Gasteiger partial charge in [0.05, 0.1) is 37.1 Å². The van der Waals surface area contributed by atoms with Crippen molar-refractivity contribution < 1.29 is 36.5 Å². The normalized spacial score (nSPS) is 14.2. The van der Waals surface area contributed by atoms with Gasteiger partial charge in [0.15, 0.2) is 32.0 Å². The molecule has 13 heteroatoms. The molecule has 2 aromatic carbocycles. The van der Waals surface area contributed by atoms with Crippen molar-refractivity contribution in [1.82, 2.24) is 10.1 Å². The number of halogens is 1. The molecule has 0 radical (unpaired) electrons. The smallest absolute Gasteiger partial charge is 0.334 e. The van der Waals surface area contributed by atoms with Crippen molar-refractivity contribution in [2.75, 3.05) is 21.3 Å². The van der Waals surface area contributed by atoms with Gasteiger partial charge in [-0.25, -0.2) is 12.8 Å². The molecule has 1 aromatic heterocycles. The van der Waals surface area contributed by atoms with Crippen LogP contribution >= 0.6 is 0 Å². The van der Waals surface area contributed by atoms with Crippen LogP contribution in [0.3, 0.4) is 0 Å². The Kier molecular flexibility index (Phi) is 6.61. The van der Waals surface area contributed by atoms with Gasteiger partial charge in [0, 0.05) is 5.56 Å². The zero-order chi connectivity index (χ0) is 25.3. The molecule has 3 aromatic rings. The van der Waals surface area contributed by atoms with Crippen molar-refractivity contribution in [2.24, 2.45) is 0 Å². The molecule has 1 heterocycles. The Labute approximate surface area is 199 Å². The second-order valence-electron chi connectivity index (χ2n) is 7.82. The number of aromatic nitrogens is 2. The van der Waals surface area contributed by atoms with E-state index < -0.39 is 36.4 Å². The lowest BCUT2D eigenvalue weighted by Crippen LogP contribution is -2.20. The quantitative estimate of drug-likeness (QED) is 0.321. The minimum Gasteiger partial charge on any atom is -0.494 e. The highest BCUT2D eigenvalue weighted by atomic mass is 32.2. The first kappa shape index (κ1) is 24.4. The van der Waals surface area contributed by atoms with Crippen molar-refractivity contribution in [1.29, 1.82) is 0 Å². The van der Waals surface area contributed by atoms with Crippen molar-refractivity contribution in [3.63, 3.8) is 0 Å². The molecular formula is C22H22FN3O8S. The topological polar surface area (TPSA) is 144 Å². The monoisotopic (exact) mass is 507 g/mol. The average molecular weight is 507 g/mol.